The zero-order chi connectivity index (χ0) is 22.5. The van der Waals surface area contributed by atoms with Gasteiger partial charge in [0.2, 0.25) is 0 Å². The first-order valence-electron chi connectivity index (χ1n) is 9.85. The molecule has 3 rings (SSSR count). The third kappa shape index (κ3) is 8.17. The van der Waals surface area contributed by atoms with E-state index in [9.17, 15) is 4.79 Å². The van der Waals surface area contributed by atoms with Crippen molar-refractivity contribution in [2.75, 3.05) is 11.9 Å². The molecule has 158 valence electrons. The summed E-state index contributed by atoms with van der Waals surface area (Å²) < 4.78 is 0. The molecule has 4 N–H and O–H groups in total. The maximum Gasteiger partial charge on any atom is 0.303 e. The standard InChI is InChI=1S/C23H22N2O2.C3H4O/c24-23(19-6-2-1-3-7-19)20-8-4-5-18(15-20)16-25-21-12-9-17(10-13-21)11-14-22(26)27;1-2-3-4/h1-10,12-13,15,24-25H,11,14,16H2,(H,26,27);1,4H,3H2. The third-order valence-electron chi connectivity index (χ3n) is 4.45. The van der Waals surface area contributed by atoms with Crippen LogP contribution in [0.1, 0.15) is 28.7 Å². The second kappa shape index (κ2) is 12.6. The molecule has 5 heteroatoms. The summed E-state index contributed by atoms with van der Waals surface area (Å²) in [5, 5.41) is 28.2. The van der Waals surface area contributed by atoms with Crippen LogP contribution in [0.2, 0.25) is 0 Å². The number of nitrogens with one attached hydrogen (secondary N) is 2. The van der Waals surface area contributed by atoms with Crippen molar-refractivity contribution in [2.45, 2.75) is 19.4 Å². The summed E-state index contributed by atoms with van der Waals surface area (Å²) in [6.45, 7) is 0.504. The lowest BCUT2D eigenvalue weighted by molar-refractivity contribution is -0.136. The molecule has 0 spiro atoms. The van der Waals surface area contributed by atoms with Gasteiger partial charge >= 0.3 is 5.97 Å². The highest BCUT2D eigenvalue weighted by Gasteiger charge is 2.05. The summed E-state index contributed by atoms with van der Waals surface area (Å²) in [5.41, 5.74) is 5.41. The average Bonchev–Trinajstić information content (AvgIpc) is 2.82. The first-order valence-corrected chi connectivity index (χ1v) is 9.85. The highest BCUT2D eigenvalue weighted by atomic mass is 16.4. The molecular formula is C26H26N2O3. The third-order valence-corrected chi connectivity index (χ3v) is 4.45. The molecule has 3 aromatic rings. The topological polar surface area (TPSA) is 93.4 Å². The van der Waals surface area contributed by atoms with Crippen LogP contribution in [0.25, 0.3) is 0 Å². The van der Waals surface area contributed by atoms with Crippen LogP contribution >= 0.6 is 0 Å². The largest absolute Gasteiger partial charge is 0.481 e. The zero-order valence-corrected chi connectivity index (χ0v) is 17.2. The molecule has 0 aliphatic carbocycles. The van der Waals surface area contributed by atoms with E-state index in [0.717, 1.165) is 27.9 Å². The predicted octanol–water partition coefficient (Wildman–Crippen LogP) is 4.34. The molecule has 0 unspecified atom stereocenters. The van der Waals surface area contributed by atoms with Crippen molar-refractivity contribution in [1.82, 2.24) is 0 Å². The van der Waals surface area contributed by atoms with Gasteiger partial charge in [0.15, 0.2) is 0 Å². The van der Waals surface area contributed by atoms with Crippen molar-refractivity contribution in [3.63, 3.8) is 0 Å². The van der Waals surface area contributed by atoms with E-state index < -0.39 is 5.97 Å². The summed E-state index contributed by atoms with van der Waals surface area (Å²) in [6.07, 6.45) is 5.21. The van der Waals surface area contributed by atoms with E-state index in [4.69, 9.17) is 15.6 Å². The van der Waals surface area contributed by atoms with Gasteiger partial charge in [0.05, 0.1) is 5.71 Å². The van der Waals surface area contributed by atoms with Crippen molar-refractivity contribution in [2.24, 2.45) is 0 Å². The SMILES string of the molecule is C#CCO.N=C(c1ccccc1)c1cccc(CNc2ccc(CCC(=O)O)cc2)c1. The Morgan fingerprint density at radius 1 is 0.935 bits per heavy atom. The van der Waals surface area contributed by atoms with Gasteiger partial charge < -0.3 is 15.5 Å². The fraction of sp³-hybridized carbons (Fsp3) is 0.154. The molecule has 0 aromatic heterocycles. The molecule has 0 aliphatic rings. The maximum absolute atomic E-state index is 10.6. The highest BCUT2D eigenvalue weighted by molar-refractivity contribution is 6.10. The Hall–Kier alpha value is -3.88. The van der Waals surface area contributed by atoms with Crippen molar-refractivity contribution < 1.29 is 15.0 Å². The Morgan fingerprint density at radius 3 is 2.19 bits per heavy atom. The number of carboxylic acid groups (broad SMARTS) is 1. The van der Waals surface area contributed by atoms with Gasteiger partial charge in [0, 0.05) is 24.2 Å². The molecule has 0 aliphatic heterocycles. The molecule has 3 aromatic carbocycles. The fourth-order valence-corrected chi connectivity index (χ4v) is 2.85. The summed E-state index contributed by atoms with van der Waals surface area (Å²) in [5.74, 6) is 1.21. The lowest BCUT2D eigenvalue weighted by Gasteiger charge is -2.10. The quantitative estimate of drug-likeness (QED) is 0.326. The van der Waals surface area contributed by atoms with Crippen LogP contribution < -0.4 is 5.32 Å². The van der Waals surface area contributed by atoms with Gasteiger partial charge in [-0.25, -0.2) is 0 Å². The number of aliphatic hydroxyl groups excluding tert-OH is 1. The Kier molecular flexibility index (Phi) is 9.54. The van der Waals surface area contributed by atoms with Gasteiger partial charge in [0.25, 0.3) is 0 Å². The van der Waals surface area contributed by atoms with Crippen LogP contribution in [0.15, 0.2) is 78.9 Å². The van der Waals surface area contributed by atoms with E-state index in [0.29, 0.717) is 18.7 Å². The summed E-state index contributed by atoms with van der Waals surface area (Å²) in [6, 6.07) is 25.5. The molecule has 0 fully saturated rings. The number of aliphatic carboxylic acids is 1. The number of aliphatic hydroxyl groups is 1. The van der Waals surface area contributed by atoms with Crippen LogP contribution in [-0.2, 0) is 17.8 Å². The Bertz CT molecular complexity index is 1020. The number of hydrogen-bond donors (Lipinski definition) is 4. The van der Waals surface area contributed by atoms with Crippen molar-refractivity contribution >= 4 is 17.4 Å². The van der Waals surface area contributed by atoms with E-state index in [-0.39, 0.29) is 13.0 Å². The number of terminal acetylenes is 1. The number of aryl methyl sites for hydroxylation is 1. The molecule has 0 amide bonds. The molecule has 0 heterocycles. The second-order valence-electron chi connectivity index (χ2n) is 6.75. The minimum atomic E-state index is -0.779. The molecule has 0 saturated heterocycles. The number of benzene rings is 3. The van der Waals surface area contributed by atoms with E-state index in [2.05, 4.69) is 11.7 Å². The molecular weight excluding hydrogens is 388 g/mol. The first kappa shape index (κ1) is 23.4. The van der Waals surface area contributed by atoms with Crippen molar-refractivity contribution in [1.29, 1.82) is 5.41 Å². The van der Waals surface area contributed by atoms with Crippen molar-refractivity contribution in [3.8, 4) is 12.3 Å². The van der Waals surface area contributed by atoms with Crippen LogP contribution in [0.5, 0.6) is 0 Å². The smallest absolute Gasteiger partial charge is 0.303 e. The number of carbonyl (C=O) groups is 1. The summed E-state index contributed by atoms with van der Waals surface area (Å²) in [4.78, 5) is 10.6. The molecule has 0 bridgehead atoms. The van der Waals surface area contributed by atoms with Crippen LogP contribution in [-0.4, -0.2) is 28.5 Å². The van der Waals surface area contributed by atoms with Gasteiger partial charge in [0.1, 0.15) is 6.61 Å². The van der Waals surface area contributed by atoms with E-state index in [1.54, 1.807) is 0 Å². The molecule has 0 atom stereocenters. The van der Waals surface area contributed by atoms with Gasteiger partial charge in [-0.3, -0.25) is 10.2 Å². The van der Waals surface area contributed by atoms with Gasteiger partial charge in [-0.05, 0) is 41.3 Å². The maximum atomic E-state index is 10.6. The zero-order valence-electron chi connectivity index (χ0n) is 17.2. The van der Waals surface area contributed by atoms with Crippen LogP contribution in [0.4, 0.5) is 5.69 Å². The lowest BCUT2D eigenvalue weighted by atomic mass is 10.0. The number of rotatable bonds is 8. The average molecular weight is 415 g/mol. The number of carboxylic acids is 1. The highest BCUT2D eigenvalue weighted by Crippen LogP contribution is 2.15. The minimum Gasteiger partial charge on any atom is -0.481 e. The van der Waals surface area contributed by atoms with Crippen molar-refractivity contribution in [3.05, 3.63) is 101 Å². The second-order valence-corrected chi connectivity index (χ2v) is 6.75. The van der Waals surface area contributed by atoms with Crippen LogP contribution in [0, 0.1) is 17.8 Å². The Morgan fingerprint density at radius 2 is 1.58 bits per heavy atom. The molecule has 0 saturated carbocycles. The first-order chi connectivity index (χ1) is 15.0. The Labute approximate surface area is 182 Å². The van der Waals surface area contributed by atoms with Gasteiger partial charge in [-0.15, -0.1) is 6.42 Å². The number of hydrogen-bond acceptors (Lipinski definition) is 4. The van der Waals surface area contributed by atoms with Crippen LogP contribution in [0.3, 0.4) is 0 Å². The van der Waals surface area contributed by atoms with E-state index >= 15 is 0 Å². The summed E-state index contributed by atoms with van der Waals surface area (Å²) in [7, 11) is 0. The molecule has 0 radical (unpaired) electrons. The molecule has 31 heavy (non-hydrogen) atoms. The predicted molar refractivity (Wildman–Crippen MR) is 124 cm³/mol. The Balaban J connectivity index is 0.000000785. The summed E-state index contributed by atoms with van der Waals surface area (Å²) >= 11 is 0. The molecule has 5 nitrogen and oxygen atoms in total. The number of anilines is 1. The minimum absolute atomic E-state index is 0.146. The van der Waals surface area contributed by atoms with E-state index in [1.165, 1.54) is 0 Å². The van der Waals surface area contributed by atoms with Gasteiger partial charge in [-0.1, -0.05) is 66.6 Å². The normalized spacial score (nSPS) is 9.68. The van der Waals surface area contributed by atoms with Gasteiger partial charge in [-0.2, -0.15) is 0 Å². The van der Waals surface area contributed by atoms with E-state index in [1.807, 2.05) is 84.8 Å². The fourth-order valence-electron chi connectivity index (χ4n) is 2.85. The lowest BCUT2D eigenvalue weighted by Crippen LogP contribution is -2.04. The monoisotopic (exact) mass is 414 g/mol.